The standard InChI is InChI=1S/C18H21N7S/c1-2-14(10-25(5-1)11-16-8-20-13-26-16)6-15-7-17(23-12-22-15)24-18-9-19-3-4-21-18/h3-4,7-9,12-14H,1-2,5-6,10-11H2,(H,21,22,23,24). The second-order valence-electron chi connectivity index (χ2n) is 6.53. The van der Waals surface area contributed by atoms with Crippen LogP contribution in [0.5, 0.6) is 0 Å². The lowest BCUT2D eigenvalue weighted by molar-refractivity contribution is 0.167. The van der Waals surface area contributed by atoms with Crippen molar-refractivity contribution in [1.82, 2.24) is 29.8 Å². The monoisotopic (exact) mass is 367 g/mol. The molecule has 0 aromatic carbocycles. The van der Waals surface area contributed by atoms with Crippen molar-refractivity contribution < 1.29 is 0 Å². The lowest BCUT2D eigenvalue weighted by Crippen LogP contribution is -2.35. The molecule has 0 amide bonds. The smallest absolute Gasteiger partial charge is 0.150 e. The van der Waals surface area contributed by atoms with Crippen LogP contribution in [0, 0.1) is 5.92 Å². The molecule has 0 radical (unpaired) electrons. The molecule has 0 spiro atoms. The average Bonchev–Trinajstić information content (AvgIpc) is 3.16. The molecule has 4 heterocycles. The fourth-order valence-corrected chi connectivity index (χ4v) is 4.01. The first kappa shape index (κ1) is 17.0. The summed E-state index contributed by atoms with van der Waals surface area (Å²) in [6.45, 7) is 3.27. The lowest BCUT2D eigenvalue weighted by Gasteiger charge is -2.32. The molecule has 134 valence electrons. The Morgan fingerprint density at radius 1 is 1.12 bits per heavy atom. The van der Waals surface area contributed by atoms with Crippen molar-refractivity contribution in [3.8, 4) is 0 Å². The van der Waals surface area contributed by atoms with E-state index in [2.05, 4.69) is 35.1 Å². The van der Waals surface area contributed by atoms with E-state index in [1.165, 1.54) is 17.7 Å². The molecular weight excluding hydrogens is 346 g/mol. The van der Waals surface area contributed by atoms with Gasteiger partial charge in [0.1, 0.15) is 18.0 Å². The number of rotatable bonds is 6. The van der Waals surface area contributed by atoms with E-state index in [0.29, 0.717) is 11.7 Å². The van der Waals surface area contributed by atoms with E-state index in [9.17, 15) is 0 Å². The Morgan fingerprint density at radius 3 is 2.96 bits per heavy atom. The molecule has 3 aromatic rings. The lowest BCUT2D eigenvalue weighted by atomic mass is 9.93. The number of hydrogen-bond acceptors (Lipinski definition) is 8. The van der Waals surface area contributed by atoms with Gasteiger partial charge in [-0.15, -0.1) is 11.3 Å². The van der Waals surface area contributed by atoms with Gasteiger partial charge in [-0.1, -0.05) is 0 Å². The van der Waals surface area contributed by atoms with E-state index < -0.39 is 0 Å². The van der Waals surface area contributed by atoms with Crippen LogP contribution in [0.1, 0.15) is 23.4 Å². The van der Waals surface area contributed by atoms with Crippen LogP contribution in [0.2, 0.25) is 0 Å². The Labute approximate surface area is 156 Å². The van der Waals surface area contributed by atoms with E-state index >= 15 is 0 Å². The van der Waals surface area contributed by atoms with Gasteiger partial charge >= 0.3 is 0 Å². The molecule has 1 unspecified atom stereocenters. The van der Waals surface area contributed by atoms with E-state index in [1.54, 1.807) is 36.3 Å². The van der Waals surface area contributed by atoms with Gasteiger partial charge in [-0.25, -0.2) is 15.0 Å². The normalized spacial score (nSPS) is 17.9. The zero-order valence-corrected chi connectivity index (χ0v) is 15.3. The molecule has 26 heavy (non-hydrogen) atoms. The van der Waals surface area contributed by atoms with E-state index in [0.717, 1.165) is 37.6 Å². The Kier molecular flexibility index (Phi) is 5.41. The molecule has 0 aliphatic carbocycles. The highest BCUT2D eigenvalue weighted by Gasteiger charge is 2.21. The zero-order valence-electron chi connectivity index (χ0n) is 14.5. The zero-order chi connectivity index (χ0) is 17.6. The van der Waals surface area contributed by atoms with Crippen molar-refractivity contribution in [2.24, 2.45) is 5.92 Å². The van der Waals surface area contributed by atoms with Crippen LogP contribution in [0.15, 0.2) is 42.7 Å². The molecule has 1 fully saturated rings. The highest BCUT2D eigenvalue weighted by Crippen LogP contribution is 2.23. The molecule has 4 rings (SSSR count). The van der Waals surface area contributed by atoms with Crippen LogP contribution < -0.4 is 5.32 Å². The Bertz CT molecular complexity index is 809. The quantitative estimate of drug-likeness (QED) is 0.717. The van der Waals surface area contributed by atoms with Gasteiger partial charge < -0.3 is 5.32 Å². The van der Waals surface area contributed by atoms with Gasteiger partial charge in [0.15, 0.2) is 0 Å². The molecular formula is C18H21N7S. The molecule has 7 nitrogen and oxygen atoms in total. The summed E-state index contributed by atoms with van der Waals surface area (Å²) in [5.74, 6) is 2.06. The van der Waals surface area contributed by atoms with Crippen molar-refractivity contribution in [3.05, 3.63) is 53.3 Å². The van der Waals surface area contributed by atoms with Crippen LogP contribution in [-0.4, -0.2) is 42.9 Å². The molecule has 0 bridgehead atoms. The third-order valence-electron chi connectivity index (χ3n) is 4.51. The van der Waals surface area contributed by atoms with E-state index in [1.807, 2.05) is 17.8 Å². The van der Waals surface area contributed by atoms with Crippen LogP contribution >= 0.6 is 11.3 Å². The number of nitrogens with zero attached hydrogens (tertiary/aromatic N) is 6. The minimum atomic E-state index is 0.621. The van der Waals surface area contributed by atoms with Gasteiger partial charge in [0.05, 0.1) is 11.7 Å². The predicted octanol–water partition coefficient (Wildman–Crippen LogP) is 2.92. The molecule has 1 atom stereocenters. The second-order valence-corrected chi connectivity index (χ2v) is 7.50. The van der Waals surface area contributed by atoms with Crippen LogP contribution in [0.3, 0.4) is 0 Å². The Morgan fingerprint density at radius 2 is 2.12 bits per heavy atom. The molecule has 1 aliphatic rings. The van der Waals surface area contributed by atoms with Crippen molar-refractivity contribution in [1.29, 1.82) is 0 Å². The number of likely N-dealkylation sites (tertiary alicyclic amines) is 1. The molecule has 1 N–H and O–H groups in total. The fourth-order valence-electron chi connectivity index (χ4n) is 3.37. The van der Waals surface area contributed by atoms with Crippen molar-refractivity contribution in [2.45, 2.75) is 25.8 Å². The van der Waals surface area contributed by atoms with E-state index in [4.69, 9.17) is 0 Å². The molecule has 1 aliphatic heterocycles. The summed E-state index contributed by atoms with van der Waals surface area (Å²) in [6.07, 6.45) is 12.0. The highest BCUT2D eigenvalue weighted by atomic mass is 32.1. The summed E-state index contributed by atoms with van der Waals surface area (Å²) in [6, 6.07) is 2.01. The number of nitrogens with one attached hydrogen (secondary N) is 1. The van der Waals surface area contributed by atoms with Crippen molar-refractivity contribution in [3.63, 3.8) is 0 Å². The third kappa shape index (κ3) is 4.59. The number of aromatic nitrogens is 5. The highest BCUT2D eigenvalue weighted by molar-refractivity contribution is 7.09. The maximum absolute atomic E-state index is 4.46. The summed E-state index contributed by atoms with van der Waals surface area (Å²) < 4.78 is 0. The van der Waals surface area contributed by atoms with Gasteiger partial charge in [0.2, 0.25) is 0 Å². The first-order valence-corrected chi connectivity index (χ1v) is 9.67. The number of thiazole rings is 1. The molecule has 3 aromatic heterocycles. The van der Waals surface area contributed by atoms with Crippen LogP contribution in [-0.2, 0) is 13.0 Å². The number of hydrogen-bond donors (Lipinski definition) is 1. The largest absolute Gasteiger partial charge is 0.324 e. The Balaban J connectivity index is 1.36. The number of anilines is 2. The first-order valence-electron chi connectivity index (χ1n) is 8.79. The minimum Gasteiger partial charge on any atom is -0.324 e. The first-order chi connectivity index (χ1) is 12.8. The predicted molar refractivity (Wildman–Crippen MR) is 101 cm³/mol. The van der Waals surface area contributed by atoms with Crippen molar-refractivity contribution in [2.75, 3.05) is 18.4 Å². The molecule has 8 heteroatoms. The minimum absolute atomic E-state index is 0.621. The van der Waals surface area contributed by atoms with Gasteiger partial charge in [0.25, 0.3) is 0 Å². The van der Waals surface area contributed by atoms with Gasteiger partial charge in [-0.2, -0.15) is 0 Å². The topological polar surface area (TPSA) is 79.7 Å². The van der Waals surface area contributed by atoms with Gasteiger partial charge in [0, 0.05) is 48.3 Å². The fraction of sp³-hybridized carbons (Fsp3) is 0.389. The summed E-state index contributed by atoms with van der Waals surface area (Å²) in [4.78, 5) is 25.1. The van der Waals surface area contributed by atoms with Crippen LogP contribution in [0.4, 0.5) is 11.6 Å². The maximum Gasteiger partial charge on any atom is 0.150 e. The summed E-state index contributed by atoms with van der Waals surface area (Å²) >= 11 is 1.73. The summed E-state index contributed by atoms with van der Waals surface area (Å²) in [5.41, 5.74) is 2.97. The Hall–Kier alpha value is -2.45. The second kappa shape index (κ2) is 8.29. The molecule has 0 saturated carbocycles. The van der Waals surface area contributed by atoms with Crippen LogP contribution in [0.25, 0.3) is 0 Å². The maximum atomic E-state index is 4.46. The van der Waals surface area contributed by atoms with Gasteiger partial charge in [-0.3, -0.25) is 14.9 Å². The number of piperidine rings is 1. The average molecular weight is 367 g/mol. The molecule has 1 saturated heterocycles. The SMILES string of the molecule is c1cnc(Nc2cc(CC3CCCN(Cc4cncs4)C3)ncn2)cn1. The van der Waals surface area contributed by atoms with Crippen molar-refractivity contribution >= 4 is 23.0 Å². The van der Waals surface area contributed by atoms with Gasteiger partial charge in [-0.05, 0) is 31.7 Å². The summed E-state index contributed by atoms with van der Waals surface area (Å²) in [5, 5.41) is 3.18. The summed E-state index contributed by atoms with van der Waals surface area (Å²) in [7, 11) is 0. The van der Waals surface area contributed by atoms with E-state index in [-0.39, 0.29) is 0 Å². The third-order valence-corrected chi connectivity index (χ3v) is 5.27.